The summed E-state index contributed by atoms with van der Waals surface area (Å²) >= 11 is 0. The topological polar surface area (TPSA) is 307 Å². The third-order valence-electron chi connectivity index (χ3n) is 16.0. The standard InChI is InChI=1S/C61H113NO18/c1-3-5-7-9-11-13-15-16-17-18-19-20-21-22-23-24-25-26-27-28-29-31-33-35-37-39-49(67)62-44(45(66)38-36-34-32-30-14-12-10-8-6-4-2)43-75-59-55(73)52(70)57(47(41-64)77-59)80-61-56(74)53(71)58(48(42-65)78-61)79-60-54(72)51(69)50(68)46(40-63)76-60/h14,30,36,38,44-48,50-61,63-66,68-74H,3-13,15-29,31-35,37,39-43H2,1-2H3,(H,62,67)/b30-14+,38-36+. The highest BCUT2D eigenvalue weighted by molar-refractivity contribution is 5.76. The van der Waals surface area contributed by atoms with Gasteiger partial charge in [-0.2, -0.15) is 0 Å². The highest BCUT2D eigenvalue weighted by atomic mass is 16.8. The van der Waals surface area contributed by atoms with Crippen LogP contribution in [0, 0.1) is 0 Å². The van der Waals surface area contributed by atoms with Gasteiger partial charge in [-0.05, 0) is 32.1 Å². The molecule has 0 saturated carbocycles. The number of hydrogen-bond acceptors (Lipinski definition) is 18. The predicted molar refractivity (Wildman–Crippen MR) is 305 cm³/mol. The molecule has 3 rings (SSSR count). The van der Waals surface area contributed by atoms with E-state index in [2.05, 4.69) is 31.3 Å². The van der Waals surface area contributed by atoms with E-state index in [0.29, 0.717) is 12.8 Å². The molecule has 12 N–H and O–H groups in total. The van der Waals surface area contributed by atoms with Crippen LogP contribution >= 0.6 is 0 Å². The fourth-order valence-electron chi connectivity index (χ4n) is 10.8. The Morgan fingerprint density at radius 1 is 0.438 bits per heavy atom. The van der Waals surface area contributed by atoms with Gasteiger partial charge >= 0.3 is 0 Å². The molecule has 1 amide bonds. The highest BCUT2D eigenvalue weighted by Gasteiger charge is 2.53. The average Bonchev–Trinajstić information content (AvgIpc) is 3.45. The van der Waals surface area contributed by atoms with Gasteiger partial charge in [-0.1, -0.05) is 212 Å². The van der Waals surface area contributed by atoms with Gasteiger partial charge in [0, 0.05) is 6.42 Å². The van der Waals surface area contributed by atoms with Crippen LogP contribution in [-0.2, 0) is 33.2 Å². The minimum atomic E-state index is -1.98. The molecule has 0 radical (unpaired) electrons. The molecule has 0 aromatic heterocycles. The molecule has 0 aliphatic carbocycles. The van der Waals surface area contributed by atoms with Crippen molar-refractivity contribution >= 4 is 5.91 Å². The van der Waals surface area contributed by atoms with E-state index in [-0.39, 0.29) is 18.9 Å². The second-order valence-corrected chi connectivity index (χ2v) is 22.9. The van der Waals surface area contributed by atoms with Crippen molar-refractivity contribution in [2.45, 2.75) is 330 Å². The van der Waals surface area contributed by atoms with E-state index in [0.717, 1.165) is 38.5 Å². The summed E-state index contributed by atoms with van der Waals surface area (Å²) in [4.78, 5) is 13.3. The lowest BCUT2D eigenvalue weighted by molar-refractivity contribution is -0.379. The van der Waals surface area contributed by atoms with Gasteiger partial charge in [-0.25, -0.2) is 0 Å². The number of carbonyl (C=O) groups is 1. The lowest BCUT2D eigenvalue weighted by Gasteiger charge is -2.48. The molecule has 3 aliphatic heterocycles. The Hall–Kier alpha value is -1.73. The second kappa shape index (κ2) is 44.7. The van der Waals surface area contributed by atoms with E-state index in [1.54, 1.807) is 6.08 Å². The molecule has 3 aliphatic rings. The summed E-state index contributed by atoms with van der Waals surface area (Å²) in [6, 6.07) is -0.984. The zero-order chi connectivity index (χ0) is 58.3. The van der Waals surface area contributed by atoms with E-state index >= 15 is 0 Å². The number of hydrogen-bond donors (Lipinski definition) is 12. The van der Waals surface area contributed by atoms with Gasteiger partial charge in [0.1, 0.15) is 73.2 Å². The van der Waals surface area contributed by atoms with Crippen LogP contribution in [0.3, 0.4) is 0 Å². The van der Waals surface area contributed by atoms with Crippen LogP contribution in [0.5, 0.6) is 0 Å². The first-order chi connectivity index (χ1) is 38.8. The number of aliphatic hydroxyl groups excluding tert-OH is 11. The summed E-state index contributed by atoms with van der Waals surface area (Å²) in [5, 5.41) is 120. The molecular weight excluding hydrogens is 1030 g/mol. The molecule has 3 saturated heterocycles. The van der Waals surface area contributed by atoms with Gasteiger partial charge in [-0.15, -0.1) is 0 Å². The third-order valence-corrected chi connectivity index (χ3v) is 16.0. The van der Waals surface area contributed by atoms with E-state index in [9.17, 15) is 61.0 Å². The molecule has 470 valence electrons. The van der Waals surface area contributed by atoms with Gasteiger partial charge in [-0.3, -0.25) is 4.79 Å². The quantitative estimate of drug-likeness (QED) is 0.0234. The van der Waals surface area contributed by atoms with E-state index < -0.39 is 124 Å². The highest BCUT2D eigenvalue weighted by Crippen LogP contribution is 2.33. The fraction of sp³-hybridized carbons (Fsp3) is 0.918. The number of rotatable bonds is 47. The average molecular weight is 1150 g/mol. The summed E-state index contributed by atoms with van der Waals surface area (Å²) in [6.07, 6.45) is 20.5. The summed E-state index contributed by atoms with van der Waals surface area (Å²) < 4.78 is 34.2. The van der Waals surface area contributed by atoms with Crippen LogP contribution < -0.4 is 5.32 Å². The minimum absolute atomic E-state index is 0.240. The molecule has 3 fully saturated rings. The Labute approximate surface area is 479 Å². The summed E-state index contributed by atoms with van der Waals surface area (Å²) in [7, 11) is 0. The van der Waals surface area contributed by atoms with Crippen molar-refractivity contribution in [1.82, 2.24) is 5.32 Å². The molecule has 80 heavy (non-hydrogen) atoms. The van der Waals surface area contributed by atoms with Crippen LogP contribution in [0.1, 0.15) is 226 Å². The molecule has 17 atom stereocenters. The van der Waals surface area contributed by atoms with Crippen LogP contribution in [0.25, 0.3) is 0 Å². The molecule has 3 heterocycles. The number of unbranched alkanes of at least 4 members (excludes halogenated alkanes) is 29. The van der Waals surface area contributed by atoms with Crippen LogP contribution in [0.4, 0.5) is 0 Å². The molecule has 0 aromatic rings. The maximum atomic E-state index is 13.3. The summed E-state index contributed by atoms with van der Waals surface area (Å²) in [6.45, 7) is 1.67. The summed E-state index contributed by atoms with van der Waals surface area (Å²) in [5.74, 6) is -0.284. The van der Waals surface area contributed by atoms with Gasteiger partial charge in [0.05, 0.1) is 38.6 Å². The van der Waals surface area contributed by atoms with Crippen LogP contribution in [0.15, 0.2) is 24.3 Å². The number of carbonyl (C=O) groups excluding carboxylic acids is 1. The molecule has 19 heteroatoms. The molecule has 0 aromatic carbocycles. The third kappa shape index (κ3) is 28.0. The van der Waals surface area contributed by atoms with Crippen LogP contribution in [-0.4, -0.2) is 193 Å². The van der Waals surface area contributed by atoms with E-state index in [1.165, 1.54) is 154 Å². The zero-order valence-corrected chi connectivity index (χ0v) is 49.1. The molecular formula is C61H113NO18. The Morgan fingerprint density at radius 3 is 1.25 bits per heavy atom. The summed E-state index contributed by atoms with van der Waals surface area (Å²) in [5.41, 5.74) is 0. The Morgan fingerprint density at radius 2 is 0.800 bits per heavy atom. The number of ether oxygens (including phenoxy) is 6. The van der Waals surface area contributed by atoms with Gasteiger partial charge in [0.25, 0.3) is 0 Å². The molecule has 19 nitrogen and oxygen atoms in total. The second-order valence-electron chi connectivity index (χ2n) is 22.9. The Kier molecular flexibility index (Phi) is 40.5. The van der Waals surface area contributed by atoms with Crippen molar-refractivity contribution in [2.24, 2.45) is 0 Å². The number of amides is 1. The molecule has 17 unspecified atom stereocenters. The first-order valence-electron chi connectivity index (χ1n) is 31.6. The number of allylic oxidation sites excluding steroid dienone is 3. The number of nitrogens with one attached hydrogen (secondary N) is 1. The van der Waals surface area contributed by atoms with E-state index in [4.69, 9.17) is 28.4 Å². The van der Waals surface area contributed by atoms with Crippen molar-refractivity contribution in [3.8, 4) is 0 Å². The lowest BCUT2D eigenvalue weighted by Crippen LogP contribution is -2.66. The number of aliphatic hydroxyl groups is 11. The van der Waals surface area contributed by atoms with Crippen LogP contribution in [0.2, 0.25) is 0 Å². The monoisotopic (exact) mass is 1150 g/mol. The zero-order valence-electron chi connectivity index (χ0n) is 49.1. The van der Waals surface area contributed by atoms with Gasteiger partial charge in [0.2, 0.25) is 5.91 Å². The first-order valence-corrected chi connectivity index (χ1v) is 31.6. The maximum absolute atomic E-state index is 13.3. The Balaban J connectivity index is 1.41. The van der Waals surface area contributed by atoms with Crippen molar-refractivity contribution in [2.75, 3.05) is 26.4 Å². The normalized spacial score (nSPS) is 30.1. The Bertz CT molecular complexity index is 1560. The SMILES string of the molecule is CCCCCC/C=C/CC/C=C/C(O)C(COC1OC(CO)C(OC2OC(CO)C(OC3OC(CO)C(O)C(O)C3O)C(O)C2O)C(O)C1O)NC(=O)CCCCCCCCCCCCCCCCCCCCCCCCCCC. The predicted octanol–water partition coefficient (Wildman–Crippen LogP) is 6.32. The lowest BCUT2D eigenvalue weighted by atomic mass is 9.96. The largest absolute Gasteiger partial charge is 0.394 e. The van der Waals surface area contributed by atoms with Crippen molar-refractivity contribution in [3.63, 3.8) is 0 Å². The van der Waals surface area contributed by atoms with Gasteiger partial charge < -0.3 is 89.9 Å². The fourth-order valence-corrected chi connectivity index (χ4v) is 10.8. The molecule has 0 bridgehead atoms. The molecule has 0 spiro atoms. The first kappa shape index (κ1) is 72.5. The minimum Gasteiger partial charge on any atom is -0.394 e. The van der Waals surface area contributed by atoms with Crippen molar-refractivity contribution in [3.05, 3.63) is 24.3 Å². The smallest absolute Gasteiger partial charge is 0.220 e. The van der Waals surface area contributed by atoms with E-state index in [1.807, 2.05) is 6.08 Å². The van der Waals surface area contributed by atoms with Gasteiger partial charge in [0.15, 0.2) is 18.9 Å². The van der Waals surface area contributed by atoms with Crippen molar-refractivity contribution < 1.29 is 89.4 Å². The maximum Gasteiger partial charge on any atom is 0.220 e. The van der Waals surface area contributed by atoms with Crippen molar-refractivity contribution in [1.29, 1.82) is 0 Å².